The quantitative estimate of drug-likeness (QED) is 0.839. The van der Waals surface area contributed by atoms with Gasteiger partial charge in [0.1, 0.15) is 11.9 Å². The molecule has 0 radical (unpaired) electrons. The minimum absolute atomic E-state index is 0.307. The van der Waals surface area contributed by atoms with Gasteiger partial charge in [-0.2, -0.15) is 0 Å². The normalized spacial score (nSPS) is 22.9. The summed E-state index contributed by atoms with van der Waals surface area (Å²) >= 11 is 0. The predicted octanol–water partition coefficient (Wildman–Crippen LogP) is 3.21. The van der Waals surface area contributed by atoms with Crippen LogP contribution in [0.3, 0.4) is 0 Å². The van der Waals surface area contributed by atoms with Crippen molar-refractivity contribution in [1.29, 1.82) is 0 Å². The number of benzene rings is 1. The second-order valence-electron chi connectivity index (χ2n) is 4.47. The molecule has 16 heavy (non-hydrogen) atoms. The number of nitrogens with one attached hydrogen (secondary N) is 1. The van der Waals surface area contributed by atoms with Gasteiger partial charge in [-0.15, -0.1) is 0 Å². The molecule has 1 aliphatic rings. The van der Waals surface area contributed by atoms with Crippen LogP contribution in [0.5, 0.6) is 5.75 Å². The van der Waals surface area contributed by atoms with Gasteiger partial charge in [-0.3, -0.25) is 0 Å². The Labute approximate surface area is 98.0 Å². The first-order valence-corrected chi connectivity index (χ1v) is 6.27. The molecule has 1 aromatic carbocycles. The molecule has 0 bridgehead atoms. The van der Waals surface area contributed by atoms with Gasteiger partial charge in [0.15, 0.2) is 0 Å². The molecule has 0 saturated heterocycles. The molecule has 88 valence electrons. The molecule has 2 unspecified atom stereocenters. The fraction of sp³-hybridized carbons (Fsp3) is 0.571. The van der Waals surface area contributed by atoms with Crippen molar-refractivity contribution in [3.8, 4) is 5.75 Å². The van der Waals surface area contributed by atoms with E-state index in [9.17, 15) is 0 Å². The van der Waals surface area contributed by atoms with Crippen LogP contribution in [0.15, 0.2) is 18.2 Å². The summed E-state index contributed by atoms with van der Waals surface area (Å²) in [4.78, 5) is 0. The Bertz CT molecular complexity index is 362. The lowest BCUT2D eigenvalue weighted by atomic mass is 9.99. The van der Waals surface area contributed by atoms with Gasteiger partial charge in [0.2, 0.25) is 0 Å². The average Bonchev–Trinajstić information content (AvgIpc) is 2.61. The Morgan fingerprint density at radius 1 is 1.31 bits per heavy atom. The summed E-state index contributed by atoms with van der Waals surface area (Å²) in [5, 5.41) is 3.54. The fourth-order valence-electron chi connectivity index (χ4n) is 2.47. The summed E-state index contributed by atoms with van der Waals surface area (Å²) in [5.74, 6) is 1.10. The molecule has 0 fully saturated rings. The number of para-hydroxylation sites is 1. The largest absolute Gasteiger partial charge is 0.488 e. The van der Waals surface area contributed by atoms with E-state index in [0.717, 1.165) is 18.7 Å². The van der Waals surface area contributed by atoms with Crippen molar-refractivity contribution >= 4 is 0 Å². The molecular formula is C14H21NO. The SMILES string of the molecule is CCCC1Oc2c(C)cccc2C1NCC. The molecule has 0 aromatic heterocycles. The van der Waals surface area contributed by atoms with E-state index >= 15 is 0 Å². The smallest absolute Gasteiger partial charge is 0.127 e. The standard InChI is InChI=1S/C14H21NO/c1-4-7-12-13(15-5-2)11-9-6-8-10(3)14(11)16-12/h6,8-9,12-13,15H,4-5,7H2,1-3H3. The monoisotopic (exact) mass is 219 g/mol. The van der Waals surface area contributed by atoms with Crippen molar-refractivity contribution in [2.45, 2.75) is 45.8 Å². The highest BCUT2D eigenvalue weighted by Crippen LogP contribution is 2.40. The summed E-state index contributed by atoms with van der Waals surface area (Å²) in [6.45, 7) is 7.47. The number of hydrogen-bond acceptors (Lipinski definition) is 2. The maximum Gasteiger partial charge on any atom is 0.127 e. The Balaban J connectivity index is 2.29. The van der Waals surface area contributed by atoms with Crippen molar-refractivity contribution in [1.82, 2.24) is 5.32 Å². The van der Waals surface area contributed by atoms with Gasteiger partial charge in [-0.1, -0.05) is 38.5 Å². The van der Waals surface area contributed by atoms with Crippen molar-refractivity contribution < 1.29 is 4.74 Å². The van der Waals surface area contributed by atoms with E-state index in [1.54, 1.807) is 0 Å². The van der Waals surface area contributed by atoms with Gasteiger partial charge in [0.25, 0.3) is 0 Å². The van der Waals surface area contributed by atoms with Crippen LogP contribution in [0.4, 0.5) is 0 Å². The highest BCUT2D eigenvalue weighted by molar-refractivity contribution is 5.46. The first kappa shape index (κ1) is 11.5. The van der Waals surface area contributed by atoms with Gasteiger partial charge >= 0.3 is 0 Å². The molecule has 0 saturated carbocycles. The van der Waals surface area contributed by atoms with Crippen molar-refractivity contribution in [3.05, 3.63) is 29.3 Å². The van der Waals surface area contributed by atoms with Crippen LogP contribution in [0, 0.1) is 6.92 Å². The zero-order valence-electron chi connectivity index (χ0n) is 10.4. The molecule has 0 aliphatic carbocycles. The van der Waals surface area contributed by atoms with Gasteiger partial charge < -0.3 is 10.1 Å². The second-order valence-corrected chi connectivity index (χ2v) is 4.47. The molecule has 2 heteroatoms. The summed E-state index contributed by atoms with van der Waals surface area (Å²) in [5.41, 5.74) is 2.58. The Hall–Kier alpha value is -1.02. The Morgan fingerprint density at radius 3 is 2.81 bits per heavy atom. The molecule has 2 nitrogen and oxygen atoms in total. The van der Waals surface area contributed by atoms with Crippen LogP contribution in [0.25, 0.3) is 0 Å². The molecule has 0 spiro atoms. The van der Waals surface area contributed by atoms with Crippen LogP contribution in [0.1, 0.15) is 43.9 Å². The van der Waals surface area contributed by atoms with E-state index in [2.05, 4.69) is 44.3 Å². The molecule has 1 aromatic rings. The van der Waals surface area contributed by atoms with E-state index in [0.29, 0.717) is 12.1 Å². The van der Waals surface area contributed by atoms with E-state index in [1.807, 2.05) is 0 Å². The number of hydrogen-bond donors (Lipinski definition) is 1. The fourth-order valence-corrected chi connectivity index (χ4v) is 2.47. The van der Waals surface area contributed by atoms with Gasteiger partial charge in [0, 0.05) is 5.56 Å². The van der Waals surface area contributed by atoms with Crippen LogP contribution in [0.2, 0.25) is 0 Å². The van der Waals surface area contributed by atoms with Crippen molar-refractivity contribution in [2.24, 2.45) is 0 Å². The second kappa shape index (κ2) is 4.88. The van der Waals surface area contributed by atoms with Crippen LogP contribution in [-0.2, 0) is 0 Å². The van der Waals surface area contributed by atoms with Crippen molar-refractivity contribution in [2.75, 3.05) is 6.54 Å². The Kier molecular flexibility index (Phi) is 3.49. The third kappa shape index (κ3) is 1.94. The maximum absolute atomic E-state index is 6.08. The molecule has 2 atom stereocenters. The zero-order valence-corrected chi connectivity index (χ0v) is 10.4. The average molecular weight is 219 g/mol. The minimum Gasteiger partial charge on any atom is -0.488 e. The molecule has 2 rings (SSSR count). The number of fused-ring (bicyclic) bond motifs is 1. The van der Waals surface area contributed by atoms with E-state index in [1.165, 1.54) is 17.5 Å². The third-order valence-corrected chi connectivity index (χ3v) is 3.22. The van der Waals surface area contributed by atoms with E-state index in [-0.39, 0.29) is 0 Å². The number of rotatable bonds is 4. The first-order chi connectivity index (χ1) is 7.77. The lowest BCUT2D eigenvalue weighted by molar-refractivity contribution is 0.178. The van der Waals surface area contributed by atoms with Crippen molar-refractivity contribution in [3.63, 3.8) is 0 Å². The number of ether oxygens (including phenoxy) is 1. The first-order valence-electron chi connectivity index (χ1n) is 6.27. The van der Waals surface area contributed by atoms with E-state index in [4.69, 9.17) is 4.74 Å². The Morgan fingerprint density at radius 2 is 2.12 bits per heavy atom. The van der Waals surface area contributed by atoms with E-state index < -0.39 is 0 Å². The zero-order chi connectivity index (χ0) is 11.5. The minimum atomic E-state index is 0.307. The third-order valence-electron chi connectivity index (χ3n) is 3.22. The summed E-state index contributed by atoms with van der Waals surface area (Å²) in [6, 6.07) is 6.80. The topological polar surface area (TPSA) is 21.3 Å². The molecule has 1 aliphatic heterocycles. The number of likely N-dealkylation sites (N-methyl/N-ethyl adjacent to an activating group) is 1. The van der Waals surface area contributed by atoms with Gasteiger partial charge in [0.05, 0.1) is 6.04 Å². The highest BCUT2D eigenvalue weighted by Gasteiger charge is 2.33. The molecule has 0 amide bonds. The van der Waals surface area contributed by atoms with Crippen LogP contribution >= 0.6 is 0 Å². The summed E-state index contributed by atoms with van der Waals surface area (Å²) < 4.78 is 6.08. The molecule has 1 N–H and O–H groups in total. The summed E-state index contributed by atoms with van der Waals surface area (Å²) in [6.07, 6.45) is 2.59. The lowest BCUT2D eigenvalue weighted by Gasteiger charge is -2.19. The van der Waals surface area contributed by atoms with Crippen LogP contribution in [-0.4, -0.2) is 12.6 Å². The summed E-state index contributed by atoms with van der Waals surface area (Å²) in [7, 11) is 0. The number of aryl methyl sites for hydroxylation is 1. The lowest BCUT2D eigenvalue weighted by Crippen LogP contribution is -2.30. The predicted molar refractivity (Wildman–Crippen MR) is 66.9 cm³/mol. The highest BCUT2D eigenvalue weighted by atomic mass is 16.5. The molecule has 1 heterocycles. The van der Waals surface area contributed by atoms with Gasteiger partial charge in [-0.05, 0) is 25.5 Å². The maximum atomic E-state index is 6.08. The van der Waals surface area contributed by atoms with Crippen LogP contribution < -0.4 is 10.1 Å². The molecular weight excluding hydrogens is 198 g/mol. The van der Waals surface area contributed by atoms with Gasteiger partial charge in [-0.25, -0.2) is 0 Å².